The van der Waals surface area contributed by atoms with Crippen LogP contribution in [0.2, 0.25) is 0 Å². The van der Waals surface area contributed by atoms with Crippen LogP contribution in [0.25, 0.3) is 281 Å². The fourth-order valence-electron chi connectivity index (χ4n) is 24.6. The molecule has 0 amide bonds. The van der Waals surface area contributed by atoms with Crippen LogP contribution in [-0.2, 0) is 0 Å². The summed E-state index contributed by atoms with van der Waals surface area (Å²) in [7, 11) is 0. The Bertz CT molecular complexity index is 10900. The van der Waals surface area contributed by atoms with Crippen molar-refractivity contribution in [3.05, 3.63) is 522 Å². The number of aromatic nitrogens is 10. The van der Waals surface area contributed by atoms with Gasteiger partial charge in [0.25, 0.3) is 0 Å². The SMILES string of the molecule is c1ccc(-c2cc(-n3c4ccccc4c4cc5c6ccccc6n(-c6ccc7c(c6)c6ccccc6n7-c6ccccc6)c5cc43)cc3c2oc2ccccc23)cc1.c1ccc(-n2c3ccccc3c3cc(-n4c5ccccc5c5cc6c(cc54)c4ccccc4n6-c4ccccc4)ccc32)cc1.c1ccc(-n2c3ccccc3c3cc4c(cc32)c2ccccc2n4-c2ccc3c(c2)c2ncccc2n3-c2ccccc2)cc1. The maximum Gasteiger partial charge on any atom is 0.143 e. The number of hydrogen-bond donors (Lipinski definition) is 0. The molecule has 11 heteroatoms. The molecule has 0 spiro atoms. The molecule has 0 aliphatic rings. The van der Waals surface area contributed by atoms with Gasteiger partial charge in [-0.25, -0.2) is 0 Å². The molecule has 0 bridgehead atoms. The molecule has 148 heavy (non-hydrogen) atoms. The van der Waals surface area contributed by atoms with Gasteiger partial charge in [-0.15, -0.1) is 0 Å². The summed E-state index contributed by atoms with van der Waals surface area (Å²) in [5.41, 5.74) is 36.7. The number of fused-ring (bicyclic) bond motifs is 30. The van der Waals surface area contributed by atoms with E-state index in [2.05, 4.69) is 545 Å². The zero-order chi connectivity index (χ0) is 96.9. The predicted octanol–water partition coefficient (Wildman–Crippen LogP) is 35.9. The van der Waals surface area contributed by atoms with E-state index in [-0.39, 0.29) is 0 Å². The molecule has 11 aromatic heterocycles. The van der Waals surface area contributed by atoms with Crippen LogP contribution in [0.1, 0.15) is 0 Å². The highest BCUT2D eigenvalue weighted by molar-refractivity contribution is 6.25. The smallest absolute Gasteiger partial charge is 0.143 e. The number of pyridine rings is 1. The molecule has 0 fully saturated rings. The predicted molar refractivity (Wildman–Crippen MR) is 619 cm³/mol. The number of hydrogen-bond acceptors (Lipinski definition) is 2. The molecular weight excluding hydrogens is 1800 g/mol. The average Bonchev–Trinajstić information content (AvgIpc) is 1.56. The third-order valence-corrected chi connectivity index (χ3v) is 30.9. The van der Waals surface area contributed by atoms with Crippen LogP contribution in [0.4, 0.5) is 0 Å². The molecule has 690 valence electrons. The van der Waals surface area contributed by atoms with E-state index in [0.29, 0.717) is 0 Å². The van der Waals surface area contributed by atoms with Gasteiger partial charge in [0.15, 0.2) is 0 Å². The second kappa shape index (κ2) is 32.8. The highest BCUT2D eigenvalue weighted by atomic mass is 16.3. The largest absolute Gasteiger partial charge is 0.455 e. The quantitative estimate of drug-likeness (QED) is 0.137. The number of para-hydroxylation sites is 14. The average molecular weight is 1890 g/mol. The van der Waals surface area contributed by atoms with Crippen LogP contribution in [0, 0.1) is 0 Å². The van der Waals surface area contributed by atoms with Crippen LogP contribution in [0.3, 0.4) is 0 Å². The van der Waals surface area contributed by atoms with E-state index < -0.39 is 0 Å². The van der Waals surface area contributed by atoms with Crippen LogP contribution in [0.5, 0.6) is 0 Å². The lowest BCUT2D eigenvalue weighted by Gasteiger charge is -2.13. The standard InChI is InChI=1S/C54H33N3O.C42H27N3.C41H26N4/c1-3-15-34(16-4-1)42-30-37(31-46-41-22-10-14-26-53(41)58-54(42)46)57-49-25-13-9-21-40(49)45-32-44-39-20-8-12-24-48(39)56(51(44)33-52(45)57)36-27-28-50-43(29-36)38-19-7-11-23-47(38)55(50)35-17-5-2-6-18-35;1-3-13-28(14-4-1)43-37-20-10-7-17-31(37)34-25-30(23-24-40(34)43)45-39-22-12-9-19-33(39)36-26-41-35(27-42(36)45)32-18-8-11-21-38(32)44(41)29-15-5-2-6-16-29;1-3-12-27(13-4-1)43-37-22-21-29(24-34(37)41-38(43)20-11-23-42-41)45-36-19-10-8-17-31(36)33-25-39-32(26-40(33)45)30-16-7-9-18-35(30)44(39)28-14-5-2-6-15-28/h1-33H;1-27H;1-26H. The Labute approximate surface area is 847 Å². The lowest BCUT2D eigenvalue weighted by Crippen LogP contribution is -1.97. The summed E-state index contributed by atoms with van der Waals surface area (Å²) in [5, 5.41) is 23.3. The number of rotatable bonds is 10. The Balaban J connectivity index is 0.000000102. The van der Waals surface area contributed by atoms with E-state index in [0.717, 1.165) is 94.6 Å². The molecule has 0 saturated heterocycles. The van der Waals surface area contributed by atoms with Gasteiger partial charge in [-0.1, -0.05) is 285 Å². The maximum absolute atomic E-state index is 6.61. The van der Waals surface area contributed by atoms with Crippen molar-refractivity contribution in [1.29, 1.82) is 0 Å². The lowest BCUT2D eigenvalue weighted by molar-refractivity contribution is 0.670. The van der Waals surface area contributed by atoms with Gasteiger partial charge >= 0.3 is 0 Å². The molecule has 22 aromatic carbocycles. The van der Waals surface area contributed by atoms with Gasteiger partial charge in [0.05, 0.1) is 105 Å². The van der Waals surface area contributed by atoms with E-state index in [9.17, 15) is 0 Å². The number of benzene rings is 22. The highest BCUT2D eigenvalue weighted by Crippen LogP contribution is 2.49. The Morgan fingerprint density at radius 3 is 0.723 bits per heavy atom. The first-order chi connectivity index (χ1) is 73.5. The zero-order valence-electron chi connectivity index (χ0n) is 80.0. The number of furan rings is 1. The molecule has 0 N–H and O–H groups in total. The van der Waals surface area contributed by atoms with Gasteiger partial charge in [0.2, 0.25) is 0 Å². The Morgan fingerprint density at radius 1 is 0.135 bits per heavy atom. The van der Waals surface area contributed by atoms with Crippen molar-refractivity contribution in [1.82, 2.24) is 46.1 Å². The second-order valence-corrected chi connectivity index (χ2v) is 38.8. The fraction of sp³-hybridized carbons (Fsp3) is 0. The summed E-state index contributed by atoms with van der Waals surface area (Å²) in [4.78, 5) is 4.88. The highest BCUT2D eigenvalue weighted by Gasteiger charge is 2.28. The molecule has 11 nitrogen and oxygen atoms in total. The Morgan fingerprint density at radius 2 is 0.372 bits per heavy atom. The third kappa shape index (κ3) is 12.5. The van der Waals surface area contributed by atoms with Gasteiger partial charge in [0, 0.05) is 165 Å². The molecule has 0 unspecified atom stereocenters. The van der Waals surface area contributed by atoms with Crippen LogP contribution in [0.15, 0.2) is 526 Å². The van der Waals surface area contributed by atoms with Crippen molar-refractivity contribution in [2.45, 2.75) is 0 Å². The molecule has 0 aliphatic heterocycles. The summed E-state index contributed by atoms with van der Waals surface area (Å²) in [5.74, 6) is 0. The summed E-state index contributed by atoms with van der Waals surface area (Å²) in [6.45, 7) is 0. The Hall–Kier alpha value is -20.0. The van der Waals surface area contributed by atoms with Gasteiger partial charge < -0.3 is 45.5 Å². The first kappa shape index (κ1) is 82.7. The first-order valence-corrected chi connectivity index (χ1v) is 50.6. The van der Waals surface area contributed by atoms with E-state index >= 15 is 0 Å². The topological polar surface area (TPSA) is 70.4 Å². The number of nitrogens with zero attached hydrogens (tertiary/aromatic N) is 10. The monoisotopic (exact) mass is 1890 g/mol. The van der Waals surface area contributed by atoms with Crippen LogP contribution >= 0.6 is 0 Å². The molecule has 0 atom stereocenters. The summed E-state index contributed by atoms with van der Waals surface area (Å²) >= 11 is 0. The van der Waals surface area contributed by atoms with Gasteiger partial charge in [0.1, 0.15) is 11.2 Å². The van der Waals surface area contributed by atoms with Crippen molar-refractivity contribution in [3.8, 4) is 62.3 Å². The minimum Gasteiger partial charge on any atom is -0.455 e. The maximum atomic E-state index is 6.61. The summed E-state index contributed by atoms with van der Waals surface area (Å²) in [6.07, 6.45) is 1.89. The van der Waals surface area contributed by atoms with Crippen molar-refractivity contribution in [3.63, 3.8) is 0 Å². The molecule has 33 rings (SSSR count). The van der Waals surface area contributed by atoms with Gasteiger partial charge in [-0.05, 0) is 236 Å². The van der Waals surface area contributed by atoms with E-state index in [1.807, 2.05) is 18.3 Å². The molecule has 0 radical (unpaired) electrons. The summed E-state index contributed by atoms with van der Waals surface area (Å²) in [6, 6.07) is 186. The van der Waals surface area contributed by atoms with Crippen molar-refractivity contribution >= 4 is 218 Å². The zero-order valence-corrected chi connectivity index (χ0v) is 80.0. The van der Waals surface area contributed by atoms with Gasteiger partial charge in [-0.2, -0.15) is 0 Å². The third-order valence-electron chi connectivity index (χ3n) is 30.9. The van der Waals surface area contributed by atoms with E-state index in [1.54, 1.807) is 0 Å². The minimum atomic E-state index is 0.893. The van der Waals surface area contributed by atoms with Crippen molar-refractivity contribution < 1.29 is 4.42 Å². The Kier molecular flexibility index (Phi) is 18.3. The lowest BCUT2D eigenvalue weighted by atomic mass is 10.0. The molecule has 0 aliphatic carbocycles. The molecule has 33 aromatic rings. The van der Waals surface area contributed by atoms with Crippen molar-refractivity contribution in [2.24, 2.45) is 0 Å². The van der Waals surface area contributed by atoms with Crippen LogP contribution in [-0.4, -0.2) is 46.1 Å². The molecule has 0 saturated carbocycles. The van der Waals surface area contributed by atoms with E-state index in [1.165, 1.54) is 186 Å². The summed E-state index contributed by atoms with van der Waals surface area (Å²) < 4.78 is 28.3. The van der Waals surface area contributed by atoms with Crippen molar-refractivity contribution in [2.75, 3.05) is 0 Å². The van der Waals surface area contributed by atoms with Gasteiger partial charge in [-0.3, -0.25) is 4.98 Å². The van der Waals surface area contributed by atoms with Crippen LogP contribution < -0.4 is 0 Å². The minimum absolute atomic E-state index is 0.893. The fourth-order valence-corrected chi connectivity index (χ4v) is 24.6. The molecular formula is C137H86N10O. The van der Waals surface area contributed by atoms with E-state index in [4.69, 9.17) is 9.40 Å². The normalized spacial score (nSPS) is 12.1. The first-order valence-electron chi connectivity index (χ1n) is 50.6. The molecule has 11 heterocycles. The second-order valence-electron chi connectivity index (χ2n) is 38.8.